The fraction of sp³-hybridized carbons (Fsp3) is 0.176. The number of furan rings is 1. The highest BCUT2D eigenvalue weighted by atomic mass is 16.5. The number of fused-ring (bicyclic) bond motifs is 1. The number of carbonyl (C=O) groups is 1. The summed E-state index contributed by atoms with van der Waals surface area (Å²) in [5, 5.41) is 1.03. The number of pyridine rings is 1. The molecule has 1 aromatic carbocycles. The molecule has 4 heteroatoms. The van der Waals surface area contributed by atoms with Gasteiger partial charge in [0.25, 0.3) is 0 Å². The predicted octanol–water partition coefficient (Wildman–Crippen LogP) is 3.98. The van der Waals surface area contributed by atoms with Crippen LogP contribution in [0, 0.1) is 6.92 Å². The second kappa shape index (κ2) is 5.40. The second-order valence-electron chi connectivity index (χ2n) is 4.70. The highest BCUT2D eigenvalue weighted by molar-refractivity contribution is 5.91. The minimum atomic E-state index is -0.348. The van der Waals surface area contributed by atoms with Crippen LogP contribution >= 0.6 is 0 Å². The van der Waals surface area contributed by atoms with Crippen LogP contribution in [0.3, 0.4) is 0 Å². The van der Waals surface area contributed by atoms with Crippen molar-refractivity contribution in [1.29, 1.82) is 0 Å². The van der Waals surface area contributed by atoms with Gasteiger partial charge in [-0.2, -0.15) is 0 Å². The molecule has 0 saturated carbocycles. The van der Waals surface area contributed by atoms with E-state index < -0.39 is 0 Å². The molecule has 21 heavy (non-hydrogen) atoms. The van der Waals surface area contributed by atoms with Gasteiger partial charge in [0.15, 0.2) is 5.76 Å². The lowest BCUT2D eigenvalue weighted by Crippen LogP contribution is -2.07. The van der Waals surface area contributed by atoms with Gasteiger partial charge in [0.2, 0.25) is 0 Å². The zero-order valence-corrected chi connectivity index (χ0v) is 11.9. The Hall–Kier alpha value is -2.62. The molecule has 0 aliphatic heterocycles. The molecule has 2 heterocycles. The highest BCUT2D eigenvalue weighted by Gasteiger charge is 2.14. The summed E-state index contributed by atoms with van der Waals surface area (Å²) in [4.78, 5) is 16.2. The van der Waals surface area contributed by atoms with Crippen molar-refractivity contribution >= 4 is 16.9 Å². The van der Waals surface area contributed by atoms with Crippen molar-refractivity contribution in [3.8, 4) is 11.5 Å². The standard InChI is InChI=1S/C17H15NO3/c1-3-20-17(19)13-8-9-14(18-11(13)2)16-10-12-6-4-5-7-15(12)21-16/h4-10H,3H2,1-2H3. The van der Waals surface area contributed by atoms with Crippen LogP contribution in [0.1, 0.15) is 23.0 Å². The molecule has 0 fully saturated rings. The largest absolute Gasteiger partial charge is 0.462 e. The first-order chi connectivity index (χ1) is 10.2. The summed E-state index contributed by atoms with van der Waals surface area (Å²) in [6.07, 6.45) is 0. The van der Waals surface area contributed by atoms with Crippen molar-refractivity contribution in [3.63, 3.8) is 0 Å². The van der Waals surface area contributed by atoms with Crippen molar-refractivity contribution < 1.29 is 13.9 Å². The van der Waals surface area contributed by atoms with E-state index >= 15 is 0 Å². The third-order valence-corrected chi connectivity index (χ3v) is 3.26. The van der Waals surface area contributed by atoms with E-state index in [1.807, 2.05) is 30.3 Å². The van der Waals surface area contributed by atoms with Gasteiger partial charge in [-0.05, 0) is 38.1 Å². The van der Waals surface area contributed by atoms with Crippen LogP contribution in [0.15, 0.2) is 46.9 Å². The second-order valence-corrected chi connectivity index (χ2v) is 4.70. The Morgan fingerprint density at radius 2 is 2.05 bits per heavy atom. The molecule has 0 bridgehead atoms. The van der Waals surface area contributed by atoms with Gasteiger partial charge in [0, 0.05) is 5.39 Å². The Morgan fingerprint density at radius 1 is 1.24 bits per heavy atom. The summed E-state index contributed by atoms with van der Waals surface area (Å²) in [7, 11) is 0. The monoisotopic (exact) mass is 281 g/mol. The van der Waals surface area contributed by atoms with Crippen LogP contribution in [-0.4, -0.2) is 17.6 Å². The molecule has 3 aromatic rings. The van der Waals surface area contributed by atoms with Gasteiger partial charge in [-0.15, -0.1) is 0 Å². The third-order valence-electron chi connectivity index (χ3n) is 3.26. The number of nitrogens with zero attached hydrogens (tertiary/aromatic N) is 1. The first-order valence-corrected chi connectivity index (χ1v) is 6.82. The number of esters is 1. The summed E-state index contributed by atoms with van der Waals surface area (Å²) < 4.78 is 10.8. The van der Waals surface area contributed by atoms with Gasteiger partial charge in [-0.1, -0.05) is 18.2 Å². The van der Waals surface area contributed by atoms with Gasteiger partial charge < -0.3 is 9.15 Å². The summed E-state index contributed by atoms with van der Waals surface area (Å²) >= 11 is 0. The molecule has 0 radical (unpaired) electrons. The van der Waals surface area contributed by atoms with Crippen molar-refractivity contribution in [1.82, 2.24) is 4.98 Å². The number of para-hydroxylation sites is 1. The Bertz CT molecular complexity index is 772. The van der Waals surface area contributed by atoms with Crippen molar-refractivity contribution in [2.45, 2.75) is 13.8 Å². The average molecular weight is 281 g/mol. The lowest BCUT2D eigenvalue weighted by atomic mass is 10.1. The molecule has 0 aliphatic rings. The number of carbonyl (C=O) groups excluding carboxylic acids is 1. The van der Waals surface area contributed by atoms with Gasteiger partial charge in [-0.3, -0.25) is 0 Å². The molecule has 106 valence electrons. The molecule has 0 N–H and O–H groups in total. The van der Waals surface area contributed by atoms with E-state index in [1.54, 1.807) is 26.0 Å². The normalized spacial score (nSPS) is 10.8. The fourth-order valence-corrected chi connectivity index (χ4v) is 2.23. The zero-order valence-electron chi connectivity index (χ0n) is 11.9. The van der Waals surface area contributed by atoms with E-state index in [0.29, 0.717) is 29.3 Å². The van der Waals surface area contributed by atoms with E-state index in [4.69, 9.17) is 9.15 Å². The van der Waals surface area contributed by atoms with Crippen LogP contribution < -0.4 is 0 Å². The first-order valence-electron chi connectivity index (χ1n) is 6.82. The molecular weight excluding hydrogens is 266 g/mol. The minimum absolute atomic E-state index is 0.348. The SMILES string of the molecule is CCOC(=O)c1ccc(-c2cc3ccccc3o2)nc1C. The number of hydrogen-bond acceptors (Lipinski definition) is 4. The van der Waals surface area contributed by atoms with E-state index in [-0.39, 0.29) is 5.97 Å². The molecule has 3 rings (SSSR count). The van der Waals surface area contributed by atoms with Crippen molar-refractivity contribution in [2.24, 2.45) is 0 Å². The molecule has 0 amide bonds. The maximum absolute atomic E-state index is 11.8. The molecule has 0 spiro atoms. The highest BCUT2D eigenvalue weighted by Crippen LogP contribution is 2.27. The fourth-order valence-electron chi connectivity index (χ4n) is 2.23. The molecular formula is C17H15NO3. The predicted molar refractivity (Wildman–Crippen MR) is 80.1 cm³/mol. The molecule has 0 atom stereocenters. The Kier molecular flexibility index (Phi) is 3.44. The lowest BCUT2D eigenvalue weighted by Gasteiger charge is -2.05. The molecule has 4 nitrogen and oxygen atoms in total. The summed E-state index contributed by atoms with van der Waals surface area (Å²) in [6.45, 7) is 3.92. The topological polar surface area (TPSA) is 52.3 Å². The van der Waals surface area contributed by atoms with Crippen LogP contribution in [0.2, 0.25) is 0 Å². The third kappa shape index (κ3) is 2.52. The van der Waals surface area contributed by atoms with Gasteiger partial charge in [0.05, 0.1) is 17.9 Å². The first kappa shape index (κ1) is 13.4. The van der Waals surface area contributed by atoms with Gasteiger partial charge >= 0.3 is 5.97 Å². The Morgan fingerprint density at radius 3 is 2.76 bits per heavy atom. The quantitative estimate of drug-likeness (QED) is 0.681. The number of aromatic nitrogens is 1. The summed E-state index contributed by atoms with van der Waals surface area (Å²) in [6, 6.07) is 13.2. The van der Waals surface area contributed by atoms with Crippen molar-refractivity contribution in [3.05, 3.63) is 53.7 Å². The lowest BCUT2D eigenvalue weighted by molar-refractivity contribution is 0.0525. The van der Waals surface area contributed by atoms with Crippen LogP contribution in [0.25, 0.3) is 22.4 Å². The molecule has 2 aromatic heterocycles. The Balaban J connectivity index is 1.99. The zero-order chi connectivity index (χ0) is 14.8. The van der Waals surface area contributed by atoms with E-state index in [0.717, 1.165) is 11.0 Å². The average Bonchev–Trinajstić information content (AvgIpc) is 2.91. The maximum atomic E-state index is 11.8. The van der Waals surface area contributed by atoms with Crippen LogP contribution in [0.5, 0.6) is 0 Å². The number of aryl methyl sites for hydroxylation is 1. The van der Waals surface area contributed by atoms with E-state index in [1.165, 1.54) is 0 Å². The number of benzene rings is 1. The minimum Gasteiger partial charge on any atom is -0.462 e. The maximum Gasteiger partial charge on any atom is 0.339 e. The number of hydrogen-bond donors (Lipinski definition) is 0. The van der Waals surface area contributed by atoms with Crippen LogP contribution in [-0.2, 0) is 4.74 Å². The number of ether oxygens (including phenoxy) is 1. The van der Waals surface area contributed by atoms with E-state index in [9.17, 15) is 4.79 Å². The van der Waals surface area contributed by atoms with Gasteiger partial charge in [-0.25, -0.2) is 9.78 Å². The Labute approximate surface area is 122 Å². The molecule has 0 unspecified atom stereocenters. The summed E-state index contributed by atoms with van der Waals surface area (Å²) in [5.74, 6) is 0.341. The summed E-state index contributed by atoms with van der Waals surface area (Å²) in [5.41, 5.74) is 2.64. The van der Waals surface area contributed by atoms with Crippen molar-refractivity contribution in [2.75, 3.05) is 6.61 Å². The smallest absolute Gasteiger partial charge is 0.339 e. The van der Waals surface area contributed by atoms with Gasteiger partial charge in [0.1, 0.15) is 11.3 Å². The molecule has 0 aliphatic carbocycles. The molecule has 0 saturated heterocycles. The van der Waals surface area contributed by atoms with E-state index in [2.05, 4.69) is 4.98 Å². The van der Waals surface area contributed by atoms with Crippen LogP contribution in [0.4, 0.5) is 0 Å². The number of rotatable bonds is 3.